The predicted molar refractivity (Wildman–Crippen MR) is 74.6 cm³/mol. The maximum absolute atomic E-state index is 12.4. The van der Waals surface area contributed by atoms with Crippen molar-refractivity contribution in [1.82, 2.24) is 4.90 Å². The minimum atomic E-state index is -0.535. The molecule has 0 aliphatic carbocycles. The van der Waals surface area contributed by atoms with Crippen molar-refractivity contribution in [2.24, 2.45) is 0 Å². The highest BCUT2D eigenvalue weighted by Crippen LogP contribution is 2.24. The number of carbonyl (C=O) groups is 1. The number of carbonyl (C=O) groups excluding carboxylic acids is 1. The molecule has 0 aliphatic rings. The Bertz CT molecular complexity index is 491. The third kappa shape index (κ3) is 3.44. The summed E-state index contributed by atoms with van der Waals surface area (Å²) in [5, 5.41) is 11.0. The number of nitro benzene ring substituents is 1. The lowest BCUT2D eigenvalue weighted by molar-refractivity contribution is -0.384. The SMILES string of the molecule is CCC(C)N(CC)C(=O)c1cc([N+](=O)[O-])ccc1Cl. The average Bonchev–Trinajstić information content (AvgIpc) is 2.39. The monoisotopic (exact) mass is 284 g/mol. The molecule has 0 N–H and O–H groups in total. The van der Waals surface area contributed by atoms with Gasteiger partial charge in [-0.1, -0.05) is 18.5 Å². The third-order valence-corrected chi connectivity index (χ3v) is 3.45. The van der Waals surface area contributed by atoms with Crippen LogP contribution in [0.1, 0.15) is 37.6 Å². The van der Waals surface area contributed by atoms with Crippen LogP contribution in [0.5, 0.6) is 0 Å². The molecule has 0 heterocycles. The van der Waals surface area contributed by atoms with Crippen LogP contribution in [-0.2, 0) is 0 Å². The first-order valence-electron chi connectivity index (χ1n) is 6.17. The summed E-state index contributed by atoms with van der Waals surface area (Å²) in [6, 6.07) is 3.97. The van der Waals surface area contributed by atoms with Crippen molar-refractivity contribution in [3.63, 3.8) is 0 Å². The molecule has 6 heteroatoms. The number of nitrogens with zero attached hydrogens (tertiary/aromatic N) is 2. The second-order valence-corrected chi connectivity index (χ2v) is 4.68. The lowest BCUT2D eigenvalue weighted by atomic mass is 10.1. The van der Waals surface area contributed by atoms with Crippen LogP contribution in [0.15, 0.2) is 18.2 Å². The number of rotatable bonds is 5. The quantitative estimate of drug-likeness (QED) is 0.614. The minimum absolute atomic E-state index is 0.0628. The number of nitro groups is 1. The smallest absolute Gasteiger partial charge is 0.270 e. The molecule has 1 amide bonds. The van der Waals surface area contributed by atoms with Crippen molar-refractivity contribution < 1.29 is 9.72 Å². The van der Waals surface area contributed by atoms with Crippen molar-refractivity contribution in [1.29, 1.82) is 0 Å². The van der Waals surface area contributed by atoms with Crippen LogP contribution < -0.4 is 0 Å². The molecule has 0 bridgehead atoms. The van der Waals surface area contributed by atoms with Crippen molar-refractivity contribution in [3.8, 4) is 0 Å². The summed E-state index contributed by atoms with van der Waals surface area (Å²) in [5.41, 5.74) is 0.0472. The van der Waals surface area contributed by atoms with E-state index in [2.05, 4.69) is 0 Å². The molecular weight excluding hydrogens is 268 g/mol. The zero-order valence-corrected chi connectivity index (χ0v) is 12.0. The van der Waals surface area contributed by atoms with Gasteiger partial charge in [-0.2, -0.15) is 0 Å². The zero-order chi connectivity index (χ0) is 14.6. The van der Waals surface area contributed by atoms with Gasteiger partial charge in [-0.05, 0) is 26.3 Å². The lowest BCUT2D eigenvalue weighted by Crippen LogP contribution is -2.38. The van der Waals surface area contributed by atoms with Crippen LogP contribution in [0.2, 0.25) is 5.02 Å². The summed E-state index contributed by atoms with van der Waals surface area (Å²) in [5.74, 6) is -0.273. The number of hydrogen-bond donors (Lipinski definition) is 0. The second-order valence-electron chi connectivity index (χ2n) is 4.27. The van der Waals surface area contributed by atoms with E-state index in [0.717, 1.165) is 6.42 Å². The van der Waals surface area contributed by atoms with Crippen LogP contribution in [-0.4, -0.2) is 28.3 Å². The summed E-state index contributed by atoms with van der Waals surface area (Å²) in [4.78, 5) is 24.3. The molecule has 0 aliphatic heterocycles. The Labute approximate surface area is 117 Å². The second kappa shape index (κ2) is 6.52. The maximum Gasteiger partial charge on any atom is 0.270 e. The Kier molecular flexibility index (Phi) is 5.30. The molecule has 1 rings (SSSR count). The molecule has 0 spiro atoms. The maximum atomic E-state index is 12.4. The molecule has 104 valence electrons. The molecule has 0 saturated carbocycles. The molecule has 0 aromatic heterocycles. The van der Waals surface area contributed by atoms with E-state index in [4.69, 9.17) is 11.6 Å². The van der Waals surface area contributed by atoms with Gasteiger partial charge in [0, 0.05) is 24.7 Å². The highest BCUT2D eigenvalue weighted by Gasteiger charge is 2.23. The van der Waals surface area contributed by atoms with E-state index in [1.165, 1.54) is 18.2 Å². The molecule has 0 saturated heterocycles. The van der Waals surface area contributed by atoms with Crippen LogP contribution in [0, 0.1) is 10.1 Å². The van der Waals surface area contributed by atoms with Gasteiger partial charge in [0.2, 0.25) is 0 Å². The van der Waals surface area contributed by atoms with E-state index in [-0.39, 0.29) is 28.2 Å². The Morgan fingerprint density at radius 1 is 1.47 bits per heavy atom. The van der Waals surface area contributed by atoms with Gasteiger partial charge < -0.3 is 4.90 Å². The average molecular weight is 285 g/mol. The molecule has 0 fully saturated rings. The van der Waals surface area contributed by atoms with Gasteiger partial charge in [-0.3, -0.25) is 14.9 Å². The van der Waals surface area contributed by atoms with Crippen molar-refractivity contribution in [2.45, 2.75) is 33.2 Å². The van der Waals surface area contributed by atoms with Gasteiger partial charge in [0.25, 0.3) is 11.6 Å². The summed E-state index contributed by atoms with van der Waals surface area (Å²) >= 11 is 5.97. The first kappa shape index (κ1) is 15.4. The molecule has 1 aromatic carbocycles. The fraction of sp³-hybridized carbons (Fsp3) is 0.462. The standard InChI is InChI=1S/C13H17ClN2O3/c1-4-9(3)15(5-2)13(17)11-8-10(16(18)19)6-7-12(11)14/h6-9H,4-5H2,1-3H3. The summed E-state index contributed by atoms with van der Waals surface area (Å²) in [6.07, 6.45) is 0.812. The van der Waals surface area contributed by atoms with Crippen molar-refractivity contribution >= 4 is 23.2 Å². The Hall–Kier alpha value is -1.62. The zero-order valence-electron chi connectivity index (χ0n) is 11.2. The third-order valence-electron chi connectivity index (χ3n) is 3.12. The molecule has 19 heavy (non-hydrogen) atoms. The van der Waals surface area contributed by atoms with Crippen molar-refractivity contribution in [2.75, 3.05) is 6.54 Å². The molecule has 1 aromatic rings. The number of amides is 1. The van der Waals surface area contributed by atoms with E-state index in [1.807, 2.05) is 20.8 Å². The van der Waals surface area contributed by atoms with Gasteiger partial charge in [-0.15, -0.1) is 0 Å². The largest absolute Gasteiger partial charge is 0.336 e. The van der Waals surface area contributed by atoms with Crippen LogP contribution in [0.3, 0.4) is 0 Å². The van der Waals surface area contributed by atoms with E-state index in [0.29, 0.717) is 6.54 Å². The molecule has 5 nitrogen and oxygen atoms in total. The van der Waals surface area contributed by atoms with E-state index in [9.17, 15) is 14.9 Å². The number of non-ortho nitro benzene ring substituents is 1. The van der Waals surface area contributed by atoms with E-state index in [1.54, 1.807) is 4.90 Å². The molecule has 0 radical (unpaired) electrons. The first-order chi connectivity index (χ1) is 8.92. The van der Waals surface area contributed by atoms with Gasteiger partial charge in [0.1, 0.15) is 0 Å². The predicted octanol–water partition coefficient (Wildman–Crippen LogP) is 3.51. The van der Waals surface area contributed by atoms with Crippen LogP contribution >= 0.6 is 11.6 Å². The van der Waals surface area contributed by atoms with E-state index < -0.39 is 4.92 Å². The molecule has 1 atom stereocenters. The van der Waals surface area contributed by atoms with E-state index >= 15 is 0 Å². The fourth-order valence-electron chi connectivity index (χ4n) is 1.82. The van der Waals surface area contributed by atoms with Gasteiger partial charge in [-0.25, -0.2) is 0 Å². The molecule has 1 unspecified atom stereocenters. The minimum Gasteiger partial charge on any atom is -0.336 e. The van der Waals surface area contributed by atoms with Gasteiger partial charge >= 0.3 is 0 Å². The summed E-state index contributed by atoms with van der Waals surface area (Å²) in [7, 11) is 0. The Morgan fingerprint density at radius 3 is 2.58 bits per heavy atom. The van der Waals surface area contributed by atoms with Crippen molar-refractivity contribution in [3.05, 3.63) is 38.9 Å². The molecular formula is C13H17ClN2O3. The number of halogens is 1. The summed E-state index contributed by atoms with van der Waals surface area (Å²) in [6.45, 7) is 6.32. The fourth-order valence-corrected chi connectivity index (χ4v) is 2.02. The van der Waals surface area contributed by atoms with Crippen LogP contribution in [0.25, 0.3) is 0 Å². The topological polar surface area (TPSA) is 63.5 Å². The number of hydrogen-bond acceptors (Lipinski definition) is 3. The Balaban J connectivity index is 3.17. The number of benzene rings is 1. The van der Waals surface area contributed by atoms with Gasteiger partial charge in [0.05, 0.1) is 15.5 Å². The van der Waals surface area contributed by atoms with Crippen LogP contribution in [0.4, 0.5) is 5.69 Å². The highest BCUT2D eigenvalue weighted by molar-refractivity contribution is 6.33. The Morgan fingerprint density at radius 2 is 2.11 bits per heavy atom. The summed E-state index contributed by atoms with van der Waals surface area (Å²) < 4.78 is 0. The normalized spacial score (nSPS) is 12.0. The first-order valence-corrected chi connectivity index (χ1v) is 6.55. The van der Waals surface area contributed by atoms with Gasteiger partial charge in [0.15, 0.2) is 0 Å². The highest BCUT2D eigenvalue weighted by atomic mass is 35.5. The lowest BCUT2D eigenvalue weighted by Gasteiger charge is -2.27.